The van der Waals surface area contributed by atoms with Gasteiger partial charge in [-0.25, -0.2) is 19.8 Å². The number of nitrogens with two attached hydrogens (primary N) is 1. The van der Waals surface area contributed by atoms with Gasteiger partial charge < -0.3 is 10.5 Å². The Labute approximate surface area is 279 Å². The van der Waals surface area contributed by atoms with Gasteiger partial charge in [0.2, 0.25) is 0 Å². The Morgan fingerprint density at radius 3 is 2.24 bits per heavy atom. The molecule has 0 saturated carbocycles. The summed E-state index contributed by atoms with van der Waals surface area (Å²) in [6.07, 6.45) is 3.59. The third kappa shape index (κ3) is 10.9. The number of unbranched alkanes of at least 4 members (excludes halogenated alkanes) is 1. The number of ether oxygens (including phenoxy) is 1. The number of fused-ring (bicyclic) bond motifs is 1. The first-order chi connectivity index (χ1) is 22.4. The lowest BCUT2D eigenvalue weighted by Crippen LogP contribution is -2.00. The predicted octanol–water partition coefficient (Wildman–Crippen LogP) is 8.03. The zero-order valence-corrected chi connectivity index (χ0v) is 28.1. The minimum absolute atomic E-state index is 0.390. The van der Waals surface area contributed by atoms with Crippen molar-refractivity contribution in [3.8, 4) is 21.8 Å². The highest BCUT2D eigenvalue weighted by atomic mass is 32.2. The molecule has 230 valence electrons. The van der Waals surface area contributed by atoms with Gasteiger partial charge >= 0.3 is 5.97 Å². The lowest BCUT2D eigenvalue weighted by atomic mass is 10.0. The average Bonchev–Trinajstić information content (AvgIpc) is 3.74. The molecule has 0 radical (unpaired) electrons. The summed E-state index contributed by atoms with van der Waals surface area (Å²) in [4.78, 5) is 25.2. The molecule has 1 aromatic carbocycles. The van der Waals surface area contributed by atoms with Gasteiger partial charge in [0.1, 0.15) is 19.7 Å². The van der Waals surface area contributed by atoms with Gasteiger partial charge in [-0.3, -0.25) is 4.21 Å². The maximum atomic E-state index is 12.9. The number of nitrogens with zero attached hydrogens (tertiary/aromatic N) is 3. The number of pyridine rings is 1. The van der Waals surface area contributed by atoms with Gasteiger partial charge in [-0.1, -0.05) is 42.7 Å². The molecule has 0 bridgehead atoms. The van der Waals surface area contributed by atoms with E-state index in [1.165, 1.54) is 29.8 Å². The van der Waals surface area contributed by atoms with Crippen molar-refractivity contribution in [3.63, 3.8) is 0 Å². The van der Waals surface area contributed by atoms with E-state index in [-0.39, 0.29) is 0 Å². The van der Waals surface area contributed by atoms with Gasteiger partial charge in [0.15, 0.2) is 0 Å². The van der Waals surface area contributed by atoms with Crippen LogP contribution in [0.1, 0.15) is 30.1 Å². The summed E-state index contributed by atoms with van der Waals surface area (Å²) in [6, 6.07) is 9.11. The Bertz CT molecular complexity index is 2060. The number of thiazole rings is 1. The van der Waals surface area contributed by atoms with Crippen LogP contribution < -0.4 is 5.73 Å². The first kappa shape index (κ1) is 36.8. The minimum Gasteiger partial charge on any atom is -0.465 e. The Balaban J connectivity index is 0.000000408. The number of thiophene rings is 1. The zero-order chi connectivity index (χ0) is 33.7. The molecule has 0 aliphatic rings. The molecule has 4 rings (SSSR count). The van der Waals surface area contributed by atoms with E-state index < -0.39 is 16.8 Å². The topological polar surface area (TPSA) is 108 Å². The van der Waals surface area contributed by atoms with Crippen molar-refractivity contribution >= 4 is 61.2 Å². The summed E-state index contributed by atoms with van der Waals surface area (Å²) < 4.78 is 18.3. The molecule has 1 unspecified atom stereocenters. The van der Waals surface area contributed by atoms with Crippen LogP contribution >= 0.6 is 22.7 Å². The molecule has 1 atom stereocenters. The molecule has 3 aromatic heterocycles. The van der Waals surface area contributed by atoms with Crippen molar-refractivity contribution in [2.75, 3.05) is 25.6 Å². The van der Waals surface area contributed by atoms with Gasteiger partial charge in [-0.15, -0.1) is 22.7 Å². The lowest BCUT2D eigenvalue weighted by molar-refractivity contribution is 0.0600. The number of nitrogen functional groups attached to an aromatic ring is 1. The van der Waals surface area contributed by atoms with Crippen LogP contribution in [0.4, 0.5) is 5.69 Å². The fraction of sp³-hybridized carbons (Fsp3) is 0.167. The first-order valence-electron chi connectivity index (χ1n) is 13.5. The molecular weight excluding hydrogens is 633 g/mol. The number of hydrogen-bond acceptors (Lipinski definition) is 9. The predicted molar refractivity (Wildman–Crippen MR) is 190 cm³/mol. The van der Waals surface area contributed by atoms with Crippen molar-refractivity contribution in [3.05, 3.63) is 119 Å². The second-order valence-electron chi connectivity index (χ2n) is 8.46. The van der Waals surface area contributed by atoms with Crippen molar-refractivity contribution in [2.24, 2.45) is 4.99 Å². The second-order valence-corrected chi connectivity index (χ2v) is 12.1. The van der Waals surface area contributed by atoms with E-state index in [2.05, 4.69) is 94.1 Å². The van der Waals surface area contributed by atoms with E-state index in [9.17, 15) is 9.00 Å². The van der Waals surface area contributed by atoms with Crippen LogP contribution in [0, 0.1) is 0 Å². The molecule has 4 aromatic rings. The molecule has 2 N–H and O–H groups in total. The SMILES string of the molecule is C=C=C=C=C=C=C.C=C=C=C=C=C=NC.CCCCS(=O)c1sc2nc(-c3nccs3)cc(-c3ccc(C(=O)OC)cc3)c2c1N. The molecule has 0 saturated heterocycles. The number of anilines is 1. The number of hydrogen-bond donors (Lipinski definition) is 1. The van der Waals surface area contributed by atoms with Crippen molar-refractivity contribution in [1.82, 2.24) is 9.97 Å². The van der Waals surface area contributed by atoms with Crippen LogP contribution in [0.5, 0.6) is 0 Å². The Morgan fingerprint density at radius 2 is 1.70 bits per heavy atom. The summed E-state index contributed by atoms with van der Waals surface area (Å²) in [7, 11) is 1.79. The third-order valence-electron chi connectivity index (χ3n) is 5.51. The summed E-state index contributed by atoms with van der Waals surface area (Å²) in [5.41, 5.74) is 31.7. The molecule has 0 amide bonds. The monoisotopic (exact) mass is 662 g/mol. The first-order valence-corrected chi connectivity index (χ1v) is 16.5. The maximum absolute atomic E-state index is 12.9. The van der Waals surface area contributed by atoms with Crippen molar-refractivity contribution in [2.45, 2.75) is 24.0 Å². The molecule has 0 fully saturated rings. The van der Waals surface area contributed by atoms with E-state index in [1.54, 1.807) is 25.4 Å². The average molecular weight is 663 g/mol. The third-order valence-corrected chi connectivity index (χ3v) is 9.30. The van der Waals surface area contributed by atoms with Gasteiger partial charge in [-0.2, -0.15) is 0 Å². The van der Waals surface area contributed by atoms with E-state index >= 15 is 0 Å². The summed E-state index contributed by atoms with van der Waals surface area (Å²) >= 11 is 2.89. The number of aliphatic imine (C=N–C) groups is 1. The highest BCUT2D eigenvalue weighted by Gasteiger charge is 2.21. The summed E-state index contributed by atoms with van der Waals surface area (Å²) in [5.74, 6) is 2.61. The number of benzene rings is 1. The normalized spacial score (nSPS) is 9.46. The van der Waals surface area contributed by atoms with Gasteiger partial charge in [0.25, 0.3) is 0 Å². The Hall–Kier alpha value is -5.41. The molecule has 0 aliphatic carbocycles. The Kier molecular flexibility index (Phi) is 16.4. The number of carbonyl (C=O) groups is 1. The van der Waals surface area contributed by atoms with Gasteiger partial charge in [0, 0.05) is 47.1 Å². The van der Waals surface area contributed by atoms with Crippen LogP contribution in [0.2, 0.25) is 0 Å². The summed E-state index contributed by atoms with van der Waals surface area (Å²) in [6.45, 7) is 11.8. The number of esters is 1. The lowest BCUT2D eigenvalue weighted by Gasteiger charge is -2.08. The fourth-order valence-corrected chi connectivity index (χ4v) is 6.90. The highest BCUT2D eigenvalue weighted by Crippen LogP contribution is 2.43. The van der Waals surface area contributed by atoms with Gasteiger partial charge in [0.05, 0.1) is 29.2 Å². The number of methoxy groups -OCH3 is 1. The maximum Gasteiger partial charge on any atom is 0.337 e. The molecule has 0 spiro atoms. The number of rotatable bonds is 7. The van der Waals surface area contributed by atoms with E-state index in [0.717, 1.165) is 44.9 Å². The molecule has 3 heterocycles. The number of carbonyl (C=O) groups excluding carboxylic acids is 1. The van der Waals surface area contributed by atoms with Crippen molar-refractivity contribution in [1.29, 1.82) is 0 Å². The van der Waals surface area contributed by atoms with E-state index in [4.69, 9.17) is 15.5 Å². The van der Waals surface area contributed by atoms with E-state index in [1.807, 2.05) is 23.6 Å². The molecule has 46 heavy (non-hydrogen) atoms. The van der Waals surface area contributed by atoms with Crippen molar-refractivity contribution < 1.29 is 13.7 Å². The van der Waals surface area contributed by atoms with Crippen LogP contribution in [0.25, 0.3) is 32.0 Å². The molecule has 7 nitrogen and oxygen atoms in total. The highest BCUT2D eigenvalue weighted by molar-refractivity contribution is 7.87. The standard InChI is InChI=1S/C22H21N3O3S3.C7H5N.C7H4/c1-3-4-11-31(27)22-18(23)17-15(13-5-7-14(8-6-13)21(26)28-2)12-16(25-20(17)30-22)19-24-9-10-29-19;1-3-4-5-6-7-8-2;1-3-5-7-6-4-2/h5-10,12H,3-4,11,23H2,1-2H3;1H2,2H3;1-2H2. The van der Waals surface area contributed by atoms with Gasteiger partial charge in [-0.05, 0) is 78.4 Å². The molecule has 0 aliphatic heterocycles. The van der Waals surface area contributed by atoms with E-state index in [0.29, 0.717) is 21.2 Å². The van der Waals surface area contributed by atoms with Crippen LogP contribution in [-0.2, 0) is 15.5 Å². The second kappa shape index (κ2) is 20.5. The Morgan fingerprint density at radius 1 is 1.04 bits per heavy atom. The minimum atomic E-state index is -1.17. The number of aromatic nitrogens is 2. The summed E-state index contributed by atoms with van der Waals surface area (Å²) in [5, 5.41) is 3.49. The zero-order valence-electron chi connectivity index (χ0n) is 25.7. The van der Waals surface area contributed by atoms with Crippen LogP contribution in [0.3, 0.4) is 0 Å². The molecular formula is C36H30N4O3S3. The fourth-order valence-electron chi connectivity index (χ4n) is 3.51. The smallest absolute Gasteiger partial charge is 0.337 e. The molecule has 10 heteroatoms. The quantitative estimate of drug-likeness (QED) is 0.122. The van der Waals surface area contributed by atoms with Crippen LogP contribution in [0.15, 0.2) is 122 Å². The van der Waals surface area contributed by atoms with Crippen LogP contribution in [-0.4, -0.2) is 45.9 Å². The largest absolute Gasteiger partial charge is 0.465 e.